The zero-order valence-corrected chi connectivity index (χ0v) is 9.37. The molecule has 0 N–H and O–H groups in total. The van der Waals surface area contributed by atoms with Gasteiger partial charge in [-0.1, -0.05) is 18.1 Å². The van der Waals surface area contributed by atoms with Crippen molar-refractivity contribution in [3.8, 4) is 0 Å². The van der Waals surface area contributed by atoms with Crippen molar-refractivity contribution < 1.29 is 9.15 Å². The summed E-state index contributed by atoms with van der Waals surface area (Å²) in [6, 6.07) is 2.07. The van der Waals surface area contributed by atoms with Gasteiger partial charge in [-0.25, -0.2) is 0 Å². The molecule has 1 aromatic heterocycles. The molecule has 1 saturated carbocycles. The summed E-state index contributed by atoms with van der Waals surface area (Å²) in [5.74, 6) is 1.22. The molecule has 16 heavy (non-hydrogen) atoms. The smallest absolute Gasteiger partial charge is 0.122 e. The number of ether oxygens (including phenoxy) is 1. The molecule has 0 bridgehead atoms. The van der Waals surface area contributed by atoms with Gasteiger partial charge in [0.05, 0.1) is 24.4 Å². The van der Waals surface area contributed by atoms with E-state index in [0.717, 1.165) is 13.0 Å². The second-order valence-electron chi connectivity index (χ2n) is 5.22. The van der Waals surface area contributed by atoms with Crippen LogP contribution in [0.5, 0.6) is 0 Å². The standard InChI is InChI=1S/C14H16O2/c1-2-7-14-11(3-1)4-5-12(14)16-9-10-6-8-15-13(10)14/h4,6,8,12H,1-3,5,7,9H2. The minimum absolute atomic E-state index is 0.120. The molecule has 1 spiro atoms. The highest BCUT2D eigenvalue weighted by Gasteiger charge is 2.53. The number of furan rings is 1. The Kier molecular flexibility index (Phi) is 1.70. The van der Waals surface area contributed by atoms with Gasteiger partial charge < -0.3 is 9.15 Å². The first-order valence-electron chi connectivity index (χ1n) is 6.29. The molecule has 1 aromatic rings. The van der Waals surface area contributed by atoms with Gasteiger partial charge in [0.25, 0.3) is 0 Å². The molecular weight excluding hydrogens is 200 g/mol. The van der Waals surface area contributed by atoms with Crippen LogP contribution in [-0.2, 0) is 16.8 Å². The molecule has 0 saturated heterocycles. The Balaban J connectivity index is 1.93. The Morgan fingerprint density at radius 2 is 2.31 bits per heavy atom. The third kappa shape index (κ3) is 0.921. The van der Waals surface area contributed by atoms with Gasteiger partial charge in [-0.2, -0.15) is 0 Å². The summed E-state index contributed by atoms with van der Waals surface area (Å²) in [6.07, 6.45) is 10.7. The summed E-state index contributed by atoms with van der Waals surface area (Å²) in [7, 11) is 0. The predicted octanol–water partition coefficient (Wildman–Crippen LogP) is 3.32. The molecular formula is C14H16O2. The van der Waals surface area contributed by atoms with Crippen LogP contribution in [0.3, 0.4) is 0 Å². The number of hydrogen-bond acceptors (Lipinski definition) is 2. The molecule has 1 aliphatic heterocycles. The SMILES string of the molecule is C1=C2CCCCC23c2occc2COC3C1. The Morgan fingerprint density at radius 1 is 1.31 bits per heavy atom. The maximum absolute atomic E-state index is 6.03. The van der Waals surface area contributed by atoms with Gasteiger partial charge >= 0.3 is 0 Å². The highest BCUT2D eigenvalue weighted by atomic mass is 16.5. The monoisotopic (exact) mass is 216 g/mol. The zero-order chi connectivity index (χ0) is 10.6. The van der Waals surface area contributed by atoms with Gasteiger partial charge in [0, 0.05) is 5.56 Å². The summed E-state index contributed by atoms with van der Waals surface area (Å²) < 4.78 is 11.8. The Labute approximate surface area is 95.3 Å². The first kappa shape index (κ1) is 9.06. The van der Waals surface area contributed by atoms with Crippen molar-refractivity contribution in [1.82, 2.24) is 0 Å². The molecule has 2 aliphatic carbocycles. The van der Waals surface area contributed by atoms with Crippen molar-refractivity contribution >= 4 is 0 Å². The maximum atomic E-state index is 6.03. The Hall–Kier alpha value is -1.02. The average molecular weight is 216 g/mol. The highest BCUT2D eigenvalue weighted by molar-refractivity contribution is 5.44. The first-order valence-corrected chi connectivity index (χ1v) is 6.29. The zero-order valence-electron chi connectivity index (χ0n) is 9.37. The molecule has 0 aromatic carbocycles. The van der Waals surface area contributed by atoms with Gasteiger partial charge in [-0.3, -0.25) is 0 Å². The fourth-order valence-corrected chi connectivity index (χ4v) is 3.85. The molecule has 4 rings (SSSR count). The van der Waals surface area contributed by atoms with Crippen molar-refractivity contribution in [2.24, 2.45) is 0 Å². The molecule has 2 heterocycles. The van der Waals surface area contributed by atoms with Gasteiger partial charge in [0.1, 0.15) is 5.76 Å². The van der Waals surface area contributed by atoms with Crippen LogP contribution in [0.2, 0.25) is 0 Å². The lowest BCUT2D eigenvalue weighted by Crippen LogP contribution is -2.44. The van der Waals surface area contributed by atoms with Crippen LogP contribution in [-0.4, -0.2) is 6.10 Å². The fourth-order valence-electron chi connectivity index (χ4n) is 3.85. The topological polar surface area (TPSA) is 22.4 Å². The molecule has 2 atom stereocenters. The number of fused-ring (bicyclic) bond motifs is 1. The molecule has 2 unspecified atom stereocenters. The summed E-state index contributed by atoms with van der Waals surface area (Å²) in [5.41, 5.74) is 2.97. The average Bonchev–Trinajstić information content (AvgIpc) is 2.92. The first-order chi connectivity index (χ1) is 7.91. The van der Waals surface area contributed by atoms with Crippen LogP contribution in [0.4, 0.5) is 0 Å². The molecule has 0 amide bonds. The van der Waals surface area contributed by atoms with E-state index in [1.165, 1.54) is 37.0 Å². The van der Waals surface area contributed by atoms with Crippen molar-refractivity contribution in [2.75, 3.05) is 0 Å². The van der Waals surface area contributed by atoms with E-state index in [-0.39, 0.29) is 5.41 Å². The van der Waals surface area contributed by atoms with E-state index in [9.17, 15) is 0 Å². The Bertz CT molecular complexity index is 457. The maximum Gasteiger partial charge on any atom is 0.122 e. The van der Waals surface area contributed by atoms with Gasteiger partial charge in [0.2, 0.25) is 0 Å². The van der Waals surface area contributed by atoms with Crippen LogP contribution >= 0.6 is 0 Å². The van der Waals surface area contributed by atoms with Crippen LogP contribution in [0.15, 0.2) is 28.4 Å². The van der Waals surface area contributed by atoms with Crippen molar-refractivity contribution in [3.63, 3.8) is 0 Å². The summed E-state index contributed by atoms with van der Waals surface area (Å²) >= 11 is 0. The summed E-state index contributed by atoms with van der Waals surface area (Å²) in [4.78, 5) is 0. The lowest BCUT2D eigenvalue weighted by atomic mass is 9.66. The lowest BCUT2D eigenvalue weighted by Gasteiger charge is -2.43. The molecule has 2 heteroatoms. The lowest BCUT2D eigenvalue weighted by molar-refractivity contribution is -0.0259. The fraction of sp³-hybridized carbons (Fsp3) is 0.571. The van der Waals surface area contributed by atoms with Crippen LogP contribution in [0.1, 0.15) is 43.4 Å². The van der Waals surface area contributed by atoms with E-state index in [1.807, 2.05) is 6.26 Å². The quantitative estimate of drug-likeness (QED) is 0.621. The number of hydrogen-bond donors (Lipinski definition) is 0. The molecule has 3 aliphatic rings. The molecule has 2 nitrogen and oxygen atoms in total. The van der Waals surface area contributed by atoms with E-state index in [4.69, 9.17) is 9.15 Å². The summed E-state index contributed by atoms with van der Waals surface area (Å²) in [6.45, 7) is 0.735. The minimum atomic E-state index is 0.120. The van der Waals surface area contributed by atoms with Gasteiger partial charge in [-0.15, -0.1) is 0 Å². The largest absolute Gasteiger partial charge is 0.468 e. The molecule has 84 valence electrons. The normalized spacial score (nSPS) is 36.2. The van der Waals surface area contributed by atoms with E-state index >= 15 is 0 Å². The van der Waals surface area contributed by atoms with Gasteiger partial charge in [0.15, 0.2) is 0 Å². The predicted molar refractivity (Wildman–Crippen MR) is 60.1 cm³/mol. The van der Waals surface area contributed by atoms with Crippen LogP contribution in [0.25, 0.3) is 0 Å². The Morgan fingerprint density at radius 3 is 3.31 bits per heavy atom. The second-order valence-corrected chi connectivity index (χ2v) is 5.22. The minimum Gasteiger partial charge on any atom is -0.468 e. The van der Waals surface area contributed by atoms with E-state index in [0.29, 0.717) is 6.10 Å². The van der Waals surface area contributed by atoms with Crippen molar-refractivity contribution in [2.45, 2.75) is 50.2 Å². The van der Waals surface area contributed by atoms with Crippen LogP contribution in [0, 0.1) is 0 Å². The third-order valence-corrected chi connectivity index (χ3v) is 4.56. The molecule has 1 fully saturated rings. The van der Waals surface area contributed by atoms with E-state index < -0.39 is 0 Å². The molecule has 0 radical (unpaired) electrons. The number of rotatable bonds is 0. The van der Waals surface area contributed by atoms with Crippen molar-refractivity contribution in [1.29, 1.82) is 0 Å². The van der Waals surface area contributed by atoms with E-state index in [2.05, 4.69) is 12.1 Å². The van der Waals surface area contributed by atoms with Gasteiger partial charge in [-0.05, 0) is 31.7 Å². The highest BCUT2D eigenvalue weighted by Crippen LogP contribution is 2.54. The summed E-state index contributed by atoms with van der Waals surface area (Å²) in [5, 5.41) is 0. The van der Waals surface area contributed by atoms with Crippen molar-refractivity contribution in [3.05, 3.63) is 35.3 Å². The van der Waals surface area contributed by atoms with E-state index in [1.54, 1.807) is 5.57 Å². The second kappa shape index (κ2) is 3.01. The third-order valence-electron chi connectivity index (χ3n) is 4.56. The van der Waals surface area contributed by atoms with Crippen LogP contribution < -0.4 is 0 Å².